The van der Waals surface area contributed by atoms with Crippen LogP contribution in [0.1, 0.15) is 71.6 Å². The molecule has 0 aromatic heterocycles. The van der Waals surface area contributed by atoms with E-state index in [0.29, 0.717) is 0 Å². The van der Waals surface area contributed by atoms with E-state index in [1.54, 1.807) is 0 Å². The van der Waals surface area contributed by atoms with Gasteiger partial charge in [0.25, 0.3) is 0 Å². The molecule has 0 unspecified atom stereocenters. The van der Waals surface area contributed by atoms with Gasteiger partial charge >= 0.3 is 0 Å². The molecule has 0 aliphatic rings. The van der Waals surface area contributed by atoms with E-state index in [-0.39, 0.29) is 0 Å². The summed E-state index contributed by atoms with van der Waals surface area (Å²) in [5.74, 6) is 0. The fourth-order valence-electron chi connectivity index (χ4n) is 1.90. The molecule has 0 saturated heterocycles. The van der Waals surface area contributed by atoms with Crippen LogP contribution >= 0.6 is 0 Å². The maximum atomic E-state index is 2.33. The molecule has 1 nitrogen and oxygen atoms in total. The molecule has 0 bridgehead atoms. The molecular weight excluding hydrogens is 182 g/mol. The Labute approximate surface area is 96.6 Å². The summed E-state index contributed by atoms with van der Waals surface area (Å²) in [6.07, 6.45) is 14.8. The van der Waals surface area contributed by atoms with Crippen LogP contribution in [0.3, 0.4) is 0 Å². The zero-order valence-corrected chi connectivity index (χ0v) is 11.1. The van der Waals surface area contributed by atoms with Crippen LogP contribution in [0.15, 0.2) is 0 Å². The molecule has 0 fully saturated rings. The lowest BCUT2D eigenvalue weighted by molar-refractivity contribution is -0.494. The fourth-order valence-corrected chi connectivity index (χ4v) is 1.90. The maximum Gasteiger partial charge on any atom is 0.142 e. The molecule has 0 radical (unpaired) electrons. The Hall–Kier alpha value is -0.330. The average molecular weight is 212 g/mol. The van der Waals surface area contributed by atoms with Crippen LogP contribution in [0, 0.1) is 0 Å². The summed E-state index contributed by atoms with van der Waals surface area (Å²) in [6, 6.07) is 0. The summed E-state index contributed by atoms with van der Waals surface area (Å²) < 4.78 is 2.33. The van der Waals surface area contributed by atoms with Crippen LogP contribution in [0.5, 0.6) is 0 Å². The van der Waals surface area contributed by atoms with Crippen molar-refractivity contribution in [2.24, 2.45) is 0 Å². The monoisotopic (exact) mass is 212 g/mol. The highest BCUT2D eigenvalue weighted by Crippen LogP contribution is 2.08. The predicted molar refractivity (Wildman–Crippen MR) is 70.0 cm³/mol. The zero-order valence-electron chi connectivity index (χ0n) is 11.1. The molecule has 0 amide bonds. The first-order chi connectivity index (χ1) is 7.31. The molecule has 15 heavy (non-hydrogen) atoms. The number of hydrogen-bond donors (Lipinski definition) is 0. The second-order valence-corrected chi connectivity index (χ2v) is 4.55. The molecule has 0 aliphatic heterocycles. The lowest BCUT2D eigenvalue weighted by Gasteiger charge is -2.00. The van der Waals surface area contributed by atoms with Gasteiger partial charge in [-0.15, -0.1) is 0 Å². The summed E-state index contributed by atoms with van der Waals surface area (Å²) in [4.78, 5) is 0. The van der Waals surface area contributed by atoms with Gasteiger partial charge in [-0.2, -0.15) is 0 Å². The van der Waals surface area contributed by atoms with Crippen molar-refractivity contribution in [3.8, 4) is 0 Å². The van der Waals surface area contributed by atoms with Gasteiger partial charge in [0.05, 0.1) is 0 Å². The van der Waals surface area contributed by atoms with E-state index in [2.05, 4.69) is 31.7 Å². The normalized spacial score (nSPS) is 12.1. The maximum absolute atomic E-state index is 2.33. The number of hydrogen-bond acceptors (Lipinski definition) is 0. The molecule has 0 spiro atoms. The van der Waals surface area contributed by atoms with E-state index in [9.17, 15) is 0 Å². The topological polar surface area (TPSA) is 3.01 Å². The van der Waals surface area contributed by atoms with Gasteiger partial charge in [0.15, 0.2) is 0 Å². The molecule has 1 heteroatoms. The summed E-state index contributed by atoms with van der Waals surface area (Å²) in [6.45, 7) is 5.72. The Morgan fingerprint density at radius 1 is 0.800 bits per heavy atom. The standard InChI is InChI=1S/C14H30N/c1-4-6-7-8-9-10-11-12-14-15(3)13-5-2/h13H,4-12,14H2,1-3H3/q+1. The van der Waals surface area contributed by atoms with Crippen LogP contribution < -0.4 is 0 Å². The van der Waals surface area contributed by atoms with Gasteiger partial charge in [0, 0.05) is 12.8 Å². The SMILES string of the molecule is CCC=[N+](C)CCCCCCCCCC. The van der Waals surface area contributed by atoms with E-state index < -0.39 is 0 Å². The van der Waals surface area contributed by atoms with Crippen LogP contribution in [-0.2, 0) is 0 Å². The van der Waals surface area contributed by atoms with Crippen molar-refractivity contribution in [2.45, 2.75) is 71.6 Å². The second kappa shape index (κ2) is 11.7. The molecule has 0 rings (SSSR count). The average Bonchev–Trinajstić information content (AvgIpc) is 2.22. The van der Waals surface area contributed by atoms with Gasteiger partial charge in [0.2, 0.25) is 0 Å². The van der Waals surface area contributed by atoms with Crippen LogP contribution in [0.25, 0.3) is 0 Å². The summed E-state index contributed by atoms with van der Waals surface area (Å²) in [5, 5.41) is 0. The predicted octanol–water partition coefficient (Wildman–Crippen LogP) is 4.25. The minimum atomic E-state index is 1.16. The van der Waals surface area contributed by atoms with Crippen molar-refractivity contribution in [3.63, 3.8) is 0 Å². The summed E-state index contributed by atoms with van der Waals surface area (Å²) in [7, 11) is 2.19. The van der Waals surface area contributed by atoms with Crippen molar-refractivity contribution in [1.29, 1.82) is 0 Å². The van der Waals surface area contributed by atoms with Crippen molar-refractivity contribution in [3.05, 3.63) is 0 Å². The summed E-state index contributed by atoms with van der Waals surface area (Å²) >= 11 is 0. The molecule has 0 aromatic rings. The highest BCUT2D eigenvalue weighted by atomic mass is 14.9. The Morgan fingerprint density at radius 2 is 1.33 bits per heavy atom. The highest BCUT2D eigenvalue weighted by molar-refractivity contribution is 5.50. The van der Waals surface area contributed by atoms with Crippen molar-refractivity contribution < 1.29 is 4.58 Å². The highest BCUT2D eigenvalue weighted by Gasteiger charge is 1.95. The number of nitrogens with zero attached hydrogens (tertiary/aromatic N) is 1. The molecule has 90 valence electrons. The molecular formula is C14H30N+. The van der Waals surface area contributed by atoms with Gasteiger partial charge < -0.3 is 0 Å². The third kappa shape index (κ3) is 11.6. The van der Waals surface area contributed by atoms with E-state index in [1.165, 1.54) is 57.9 Å². The zero-order chi connectivity index (χ0) is 11.4. The minimum Gasteiger partial charge on any atom is -0.242 e. The van der Waals surface area contributed by atoms with E-state index in [1.807, 2.05) is 0 Å². The summed E-state index contributed by atoms with van der Waals surface area (Å²) in [5.41, 5.74) is 0. The van der Waals surface area contributed by atoms with Gasteiger partial charge in [-0.1, -0.05) is 52.4 Å². The Bertz CT molecular complexity index is 149. The smallest absolute Gasteiger partial charge is 0.142 e. The molecule has 0 saturated carbocycles. The third-order valence-corrected chi connectivity index (χ3v) is 2.86. The first kappa shape index (κ1) is 14.7. The Morgan fingerprint density at radius 3 is 1.87 bits per heavy atom. The lowest BCUT2D eigenvalue weighted by Crippen LogP contribution is -2.08. The number of rotatable bonds is 10. The van der Waals surface area contributed by atoms with Crippen LogP contribution in [-0.4, -0.2) is 24.4 Å². The van der Waals surface area contributed by atoms with Gasteiger partial charge in [-0.25, -0.2) is 4.58 Å². The van der Waals surface area contributed by atoms with Crippen LogP contribution in [0.4, 0.5) is 0 Å². The fraction of sp³-hybridized carbons (Fsp3) is 0.929. The van der Waals surface area contributed by atoms with E-state index in [0.717, 1.165) is 6.42 Å². The third-order valence-electron chi connectivity index (χ3n) is 2.86. The quantitative estimate of drug-likeness (QED) is 0.289. The van der Waals surface area contributed by atoms with Crippen molar-refractivity contribution >= 4 is 6.21 Å². The van der Waals surface area contributed by atoms with Crippen molar-refractivity contribution in [2.75, 3.05) is 13.6 Å². The first-order valence-corrected chi connectivity index (χ1v) is 6.84. The van der Waals surface area contributed by atoms with Gasteiger partial charge in [-0.05, 0) is 6.42 Å². The molecule has 0 atom stereocenters. The Balaban J connectivity index is 3.08. The Kier molecular flexibility index (Phi) is 11.5. The molecule has 0 aliphatic carbocycles. The molecule has 0 N–H and O–H groups in total. The molecule has 0 heterocycles. The minimum absolute atomic E-state index is 1.16. The van der Waals surface area contributed by atoms with E-state index in [4.69, 9.17) is 0 Å². The van der Waals surface area contributed by atoms with Gasteiger partial charge in [-0.3, -0.25) is 0 Å². The molecule has 0 aromatic carbocycles. The number of unbranched alkanes of at least 4 members (excludes halogenated alkanes) is 7. The van der Waals surface area contributed by atoms with Crippen LogP contribution in [0.2, 0.25) is 0 Å². The second-order valence-electron chi connectivity index (χ2n) is 4.55. The largest absolute Gasteiger partial charge is 0.242 e. The van der Waals surface area contributed by atoms with Gasteiger partial charge in [0.1, 0.15) is 19.8 Å². The van der Waals surface area contributed by atoms with Crippen molar-refractivity contribution in [1.82, 2.24) is 0 Å². The van der Waals surface area contributed by atoms with E-state index >= 15 is 0 Å². The first-order valence-electron chi connectivity index (χ1n) is 6.84. The lowest BCUT2D eigenvalue weighted by atomic mass is 10.1.